The smallest absolute Gasteiger partial charge is 0.404 e. The number of pyridine rings is 1. The maximum atomic E-state index is 14.1. The summed E-state index contributed by atoms with van der Waals surface area (Å²) in [6.45, 7) is 3.05. The van der Waals surface area contributed by atoms with E-state index in [9.17, 15) is 9.18 Å². The Labute approximate surface area is 170 Å². The summed E-state index contributed by atoms with van der Waals surface area (Å²) in [5.41, 5.74) is 13.8. The second-order valence-electron chi connectivity index (χ2n) is 6.57. The van der Waals surface area contributed by atoms with Crippen LogP contribution in [-0.4, -0.2) is 30.3 Å². The van der Waals surface area contributed by atoms with Gasteiger partial charge in [0.25, 0.3) is 0 Å². The molecule has 2 heterocycles. The Hall–Kier alpha value is -2.86. The molecule has 3 rings (SSSR count). The molecule has 1 aliphatic heterocycles. The molecule has 0 unspecified atom stereocenters. The van der Waals surface area contributed by atoms with E-state index in [0.29, 0.717) is 53.2 Å². The summed E-state index contributed by atoms with van der Waals surface area (Å²) in [6.07, 6.45) is 0.222. The van der Waals surface area contributed by atoms with E-state index in [-0.39, 0.29) is 11.7 Å². The number of benzene rings is 1. The number of nitrogens with zero attached hydrogens (tertiary/aromatic N) is 3. The predicted octanol–water partition coefficient (Wildman–Crippen LogP) is 3.48. The highest BCUT2D eigenvalue weighted by Crippen LogP contribution is 2.38. The van der Waals surface area contributed by atoms with Gasteiger partial charge in [0.2, 0.25) is 0 Å². The van der Waals surface area contributed by atoms with E-state index in [1.807, 2.05) is 17.9 Å². The topological polar surface area (TPSA) is 118 Å². The van der Waals surface area contributed by atoms with Gasteiger partial charge in [-0.05, 0) is 40.5 Å². The molecule has 7 nitrogen and oxygen atoms in total. The third kappa shape index (κ3) is 3.87. The summed E-state index contributed by atoms with van der Waals surface area (Å²) in [5.74, 6) is -0.00728. The highest BCUT2D eigenvalue weighted by atomic mass is 79.9. The molecule has 1 fully saturated rings. The van der Waals surface area contributed by atoms with Crippen LogP contribution in [0.2, 0.25) is 0 Å². The van der Waals surface area contributed by atoms with Crippen molar-refractivity contribution in [3.63, 3.8) is 0 Å². The van der Waals surface area contributed by atoms with Gasteiger partial charge in [-0.25, -0.2) is 14.2 Å². The third-order valence-electron chi connectivity index (χ3n) is 4.79. The Bertz CT molecular complexity index is 968. The van der Waals surface area contributed by atoms with E-state index in [1.165, 1.54) is 12.1 Å². The number of nitrogens with two attached hydrogens (primary N) is 2. The van der Waals surface area contributed by atoms with Crippen LogP contribution in [0.1, 0.15) is 24.0 Å². The molecule has 1 aliphatic rings. The lowest BCUT2D eigenvalue weighted by molar-refractivity contribution is 0.0912. The first kappa shape index (κ1) is 19.9. The highest BCUT2D eigenvalue weighted by Gasteiger charge is 2.26. The summed E-state index contributed by atoms with van der Waals surface area (Å²) in [6, 6.07) is 6.18. The molecule has 9 heteroatoms. The number of carbonyl (C=O) groups excluding carboxylic acids is 1. The number of rotatable bonds is 3. The van der Waals surface area contributed by atoms with Gasteiger partial charge in [-0.2, -0.15) is 5.26 Å². The van der Waals surface area contributed by atoms with Crippen LogP contribution < -0.4 is 16.4 Å². The number of anilines is 2. The van der Waals surface area contributed by atoms with Crippen molar-refractivity contribution < 1.29 is 13.9 Å². The van der Waals surface area contributed by atoms with Gasteiger partial charge in [-0.3, -0.25) is 0 Å². The Morgan fingerprint density at radius 2 is 2.11 bits per heavy atom. The zero-order chi connectivity index (χ0) is 20.4. The summed E-state index contributed by atoms with van der Waals surface area (Å²) >= 11 is 3.50. The fourth-order valence-corrected chi connectivity index (χ4v) is 3.75. The van der Waals surface area contributed by atoms with Crippen LogP contribution in [0.15, 0.2) is 22.7 Å². The number of nitrogen functional groups attached to an aromatic ring is 1. The van der Waals surface area contributed by atoms with E-state index < -0.39 is 11.9 Å². The van der Waals surface area contributed by atoms with Gasteiger partial charge in [0.1, 0.15) is 18.0 Å². The van der Waals surface area contributed by atoms with Crippen molar-refractivity contribution in [2.45, 2.75) is 25.9 Å². The molecule has 1 saturated heterocycles. The number of amides is 1. The van der Waals surface area contributed by atoms with Crippen molar-refractivity contribution in [1.82, 2.24) is 4.98 Å². The first-order valence-electron chi connectivity index (χ1n) is 8.68. The van der Waals surface area contributed by atoms with Gasteiger partial charge in [0.15, 0.2) is 5.82 Å². The summed E-state index contributed by atoms with van der Waals surface area (Å²) in [7, 11) is 0. The molecule has 146 valence electrons. The number of hydrogen-bond acceptors (Lipinski definition) is 6. The summed E-state index contributed by atoms with van der Waals surface area (Å²) < 4.78 is 19.8. The first-order valence-corrected chi connectivity index (χ1v) is 9.47. The highest BCUT2D eigenvalue weighted by molar-refractivity contribution is 9.10. The average molecular weight is 448 g/mol. The molecule has 0 saturated carbocycles. The van der Waals surface area contributed by atoms with Gasteiger partial charge in [0.05, 0.1) is 16.9 Å². The number of piperidine rings is 1. The van der Waals surface area contributed by atoms with Crippen LogP contribution in [-0.2, 0) is 4.74 Å². The van der Waals surface area contributed by atoms with Crippen molar-refractivity contribution in [3.8, 4) is 17.3 Å². The normalized spacial score (nSPS) is 14.6. The largest absolute Gasteiger partial charge is 0.446 e. The molecule has 0 aliphatic carbocycles. The minimum atomic E-state index is -0.777. The summed E-state index contributed by atoms with van der Waals surface area (Å²) in [4.78, 5) is 17.6. The molecule has 0 spiro atoms. The molecule has 0 radical (unpaired) electrons. The fourth-order valence-electron chi connectivity index (χ4n) is 3.21. The van der Waals surface area contributed by atoms with Crippen molar-refractivity contribution in [2.75, 3.05) is 23.7 Å². The zero-order valence-electron chi connectivity index (χ0n) is 15.2. The Balaban J connectivity index is 1.95. The van der Waals surface area contributed by atoms with Crippen LogP contribution >= 0.6 is 15.9 Å². The second-order valence-corrected chi connectivity index (χ2v) is 7.36. The van der Waals surface area contributed by atoms with Gasteiger partial charge < -0.3 is 21.1 Å². The van der Waals surface area contributed by atoms with Crippen molar-refractivity contribution in [2.24, 2.45) is 5.73 Å². The number of halogens is 2. The van der Waals surface area contributed by atoms with Gasteiger partial charge in [-0.1, -0.05) is 6.07 Å². The molecular formula is C19H19BrFN5O2. The van der Waals surface area contributed by atoms with E-state index in [4.69, 9.17) is 21.5 Å². The van der Waals surface area contributed by atoms with Crippen LogP contribution in [0.4, 0.5) is 20.7 Å². The number of primary amides is 1. The predicted molar refractivity (Wildman–Crippen MR) is 107 cm³/mol. The van der Waals surface area contributed by atoms with Crippen molar-refractivity contribution in [3.05, 3.63) is 39.6 Å². The molecule has 28 heavy (non-hydrogen) atoms. The number of ether oxygens (including phenoxy) is 1. The third-order valence-corrected chi connectivity index (χ3v) is 5.76. The monoisotopic (exact) mass is 447 g/mol. The Morgan fingerprint density at radius 3 is 2.68 bits per heavy atom. The zero-order valence-corrected chi connectivity index (χ0v) is 16.8. The lowest BCUT2D eigenvalue weighted by atomic mass is 10.0. The van der Waals surface area contributed by atoms with E-state index in [2.05, 4.69) is 20.9 Å². The minimum Gasteiger partial charge on any atom is -0.446 e. The van der Waals surface area contributed by atoms with Crippen LogP contribution in [0.3, 0.4) is 0 Å². The molecule has 0 bridgehead atoms. The number of carbonyl (C=O) groups is 1. The number of hydrogen-bond donors (Lipinski definition) is 2. The van der Waals surface area contributed by atoms with Crippen molar-refractivity contribution in [1.29, 1.82) is 5.26 Å². The van der Waals surface area contributed by atoms with Crippen LogP contribution in [0.5, 0.6) is 0 Å². The Morgan fingerprint density at radius 1 is 1.43 bits per heavy atom. The molecule has 1 amide bonds. The van der Waals surface area contributed by atoms with Crippen molar-refractivity contribution >= 4 is 33.5 Å². The van der Waals surface area contributed by atoms with Gasteiger partial charge in [0, 0.05) is 36.0 Å². The standard InChI is InChI=1S/C19H19BrFN5O2/c1-10-15(20)17(11-2-3-12(9-22)14(21)8-11)25-18(16(10)23)26-6-4-13(5-7-26)28-19(24)27/h2-3,8,13H,4-7,23H2,1H3,(H2,24,27). The lowest BCUT2D eigenvalue weighted by Gasteiger charge is -2.33. The van der Waals surface area contributed by atoms with Crippen LogP contribution in [0, 0.1) is 24.1 Å². The van der Waals surface area contributed by atoms with Crippen LogP contribution in [0.25, 0.3) is 11.3 Å². The molecule has 0 atom stereocenters. The maximum Gasteiger partial charge on any atom is 0.404 e. The average Bonchev–Trinajstić information content (AvgIpc) is 2.67. The fraction of sp³-hybridized carbons (Fsp3) is 0.316. The lowest BCUT2D eigenvalue weighted by Crippen LogP contribution is -2.39. The molecular weight excluding hydrogens is 429 g/mol. The van der Waals surface area contributed by atoms with Gasteiger partial charge in [-0.15, -0.1) is 0 Å². The van der Waals surface area contributed by atoms with Gasteiger partial charge >= 0.3 is 6.09 Å². The molecule has 1 aromatic heterocycles. The molecule has 4 N–H and O–H groups in total. The van der Waals surface area contributed by atoms with E-state index in [1.54, 1.807) is 6.07 Å². The quantitative estimate of drug-likeness (QED) is 0.743. The second kappa shape index (κ2) is 8.02. The SMILES string of the molecule is Cc1c(N)c(N2CCC(OC(N)=O)CC2)nc(-c2ccc(C#N)c(F)c2)c1Br. The number of aromatic nitrogens is 1. The minimum absolute atomic E-state index is 0.0243. The first-order chi connectivity index (χ1) is 13.3. The van der Waals surface area contributed by atoms with E-state index in [0.717, 1.165) is 5.56 Å². The van der Waals surface area contributed by atoms with E-state index >= 15 is 0 Å². The molecule has 2 aromatic rings. The Kier molecular flexibility index (Phi) is 5.70. The number of nitriles is 1. The maximum absolute atomic E-state index is 14.1. The molecule has 1 aromatic carbocycles. The summed E-state index contributed by atoms with van der Waals surface area (Å²) in [5, 5.41) is 8.93.